The largest absolute Gasteiger partial charge is 0.492 e. The van der Waals surface area contributed by atoms with Crippen molar-refractivity contribution in [2.45, 2.75) is 44.9 Å². The first-order valence-corrected chi connectivity index (χ1v) is 12.1. The van der Waals surface area contributed by atoms with Gasteiger partial charge in [-0.3, -0.25) is 0 Å². The second-order valence-corrected chi connectivity index (χ2v) is 8.90. The standard InChI is InChI=1S/C30H30ClFO/c1-3-5-6-21-7-9-22(10-8-21)23-11-13-24(14-12-23)25-15-17-26(18-16-25)27-19-20-28(33-4-2)29(31)30(27)32/h3,7-14,17,19-20,25H,1,4-6,15-16,18H2,2H3. The first kappa shape index (κ1) is 23.3. The van der Waals surface area contributed by atoms with Crippen molar-refractivity contribution in [2.75, 3.05) is 6.61 Å². The molecule has 4 rings (SSSR count). The van der Waals surface area contributed by atoms with Crippen molar-refractivity contribution in [2.24, 2.45) is 0 Å². The summed E-state index contributed by atoms with van der Waals surface area (Å²) in [5.41, 5.74) is 6.76. The zero-order chi connectivity index (χ0) is 23.2. The van der Waals surface area contributed by atoms with Crippen molar-refractivity contribution in [3.8, 4) is 16.9 Å². The Morgan fingerprint density at radius 2 is 1.73 bits per heavy atom. The molecule has 0 aromatic heterocycles. The molecule has 0 saturated carbocycles. The highest BCUT2D eigenvalue weighted by molar-refractivity contribution is 6.32. The van der Waals surface area contributed by atoms with E-state index in [9.17, 15) is 4.39 Å². The minimum atomic E-state index is -0.382. The zero-order valence-corrected chi connectivity index (χ0v) is 19.9. The highest BCUT2D eigenvalue weighted by Gasteiger charge is 2.21. The minimum absolute atomic E-state index is 0.0710. The summed E-state index contributed by atoms with van der Waals surface area (Å²) in [7, 11) is 0. The summed E-state index contributed by atoms with van der Waals surface area (Å²) in [5, 5.41) is 0.0710. The van der Waals surface area contributed by atoms with Crippen LogP contribution in [-0.4, -0.2) is 6.61 Å². The van der Waals surface area contributed by atoms with E-state index in [1.807, 2.05) is 13.0 Å². The average molecular weight is 461 g/mol. The molecular weight excluding hydrogens is 431 g/mol. The monoisotopic (exact) mass is 460 g/mol. The van der Waals surface area contributed by atoms with Crippen molar-refractivity contribution in [3.05, 3.63) is 107 Å². The summed E-state index contributed by atoms with van der Waals surface area (Å²) in [5.74, 6) is 0.471. The Labute approximate surface area is 201 Å². The predicted molar refractivity (Wildman–Crippen MR) is 138 cm³/mol. The first-order valence-electron chi connectivity index (χ1n) is 11.7. The van der Waals surface area contributed by atoms with Gasteiger partial charge in [0.1, 0.15) is 10.8 Å². The lowest BCUT2D eigenvalue weighted by atomic mass is 9.82. The van der Waals surface area contributed by atoms with Crippen LogP contribution in [-0.2, 0) is 6.42 Å². The topological polar surface area (TPSA) is 9.23 Å². The molecule has 33 heavy (non-hydrogen) atoms. The van der Waals surface area contributed by atoms with Crippen LogP contribution < -0.4 is 4.74 Å². The Morgan fingerprint density at radius 1 is 1.03 bits per heavy atom. The molecule has 1 atom stereocenters. The Morgan fingerprint density at radius 3 is 2.33 bits per heavy atom. The van der Waals surface area contributed by atoms with E-state index in [2.05, 4.69) is 61.2 Å². The van der Waals surface area contributed by atoms with Crippen molar-refractivity contribution in [1.82, 2.24) is 0 Å². The molecule has 1 nitrogen and oxygen atoms in total. The molecular formula is C30H30ClFO. The molecule has 0 aliphatic heterocycles. The third-order valence-electron chi connectivity index (χ3n) is 6.41. The van der Waals surface area contributed by atoms with E-state index >= 15 is 0 Å². The van der Waals surface area contributed by atoms with Gasteiger partial charge >= 0.3 is 0 Å². The first-order chi connectivity index (χ1) is 16.1. The molecule has 0 amide bonds. The summed E-state index contributed by atoms with van der Waals surface area (Å²) in [6.07, 6.45) is 8.89. The Balaban J connectivity index is 1.44. The van der Waals surface area contributed by atoms with Gasteiger partial charge in [0.25, 0.3) is 0 Å². The molecule has 3 aromatic carbocycles. The smallest absolute Gasteiger partial charge is 0.153 e. The van der Waals surface area contributed by atoms with Gasteiger partial charge in [-0.05, 0) is 84.9 Å². The minimum Gasteiger partial charge on any atom is -0.492 e. The van der Waals surface area contributed by atoms with Crippen LogP contribution in [0.15, 0.2) is 79.4 Å². The second kappa shape index (κ2) is 10.9. The number of rotatable bonds is 8. The van der Waals surface area contributed by atoms with E-state index < -0.39 is 0 Å². The van der Waals surface area contributed by atoms with Gasteiger partial charge in [0.05, 0.1) is 6.61 Å². The summed E-state index contributed by atoms with van der Waals surface area (Å²) >= 11 is 6.19. The van der Waals surface area contributed by atoms with Gasteiger partial charge in [-0.15, -0.1) is 6.58 Å². The van der Waals surface area contributed by atoms with Crippen molar-refractivity contribution in [3.63, 3.8) is 0 Å². The highest BCUT2D eigenvalue weighted by Crippen LogP contribution is 2.40. The maximum absolute atomic E-state index is 14.8. The fourth-order valence-electron chi connectivity index (χ4n) is 4.51. The Bertz CT molecular complexity index is 1130. The number of benzene rings is 3. The van der Waals surface area contributed by atoms with Gasteiger partial charge in [0.2, 0.25) is 0 Å². The predicted octanol–water partition coefficient (Wildman–Crippen LogP) is 9.01. The molecule has 1 aliphatic rings. The molecule has 0 heterocycles. The molecule has 0 saturated heterocycles. The van der Waals surface area contributed by atoms with Crippen LogP contribution >= 0.6 is 11.6 Å². The maximum atomic E-state index is 14.8. The van der Waals surface area contributed by atoms with Crippen LogP contribution in [0.2, 0.25) is 5.02 Å². The van der Waals surface area contributed by atoms with E-state index in [0.717, 1.165) is 37.7 Å². The van der Waals surface area contributed by atoms with Gasteiger partial charge < -0.3 is 4.74 Å². The second-order valence-electron chi connectivity index (χ2n) is 8.52. The Kier molecular flexibility index (Phi) is 7.67. The van der Waals surface area contributed by atoms with Crippen LogP contribution in [0.25, 0.3) is 16.7 Å². The van der Waals surface area contributed by atoms with Gasteiger partial charge in [-0.1, -0.05) is 72.3 Å². The van der Waals surface area contributed by atoms with Crippen molar-refractivity contribution >= 4 is 17.2 Å². The summed E-state index contributed by atoms with van der Waals surface area (Å²) in [4.78, 5) is 0. The molecule has 0 bridgehead atoms. The number of allylic oxidation sites excluding steroid dienone is 3. The normalized spacial score (nSPS) is 15.7. The Hall–Kier alpha value is -2.84. The lowest BCUT2D eigenvalue weighted by Gasteiger charge is -2.23. The van der Waals surface area contributed by atoms with E-state index in [-0.39, 0.29) is 10.8 Å². The SMILES string of the molecule is C=CCCc1ccc(-c2ccc(C3CC=C(c4ccc(OCC)c(Cl)c4F)CC3)cc2)cc1. The van der Waals surface area contributed by atoms with E-state index in [1.54, 1.807) is 12.1 Å². The number of ether oxygens (including phenoxy) is 1. The van der Waals surface area contributed by atoms with Gasteiger partial charge in [0, 0.05) is 5.56 Å². The average Bonchev–Trinajstić information content (AvgIpc) is 2.86. The molecule has 1 aliphatic carbocycles. The van der Waals surface area contributed by atoms with Gasteiger partial charge in [-0.2, -0.15) is 0 Å². The van der Waals surface area contributed by atoms with Gasteiger partial charge in [0.15, 0.2) is 5.82 Å². The highest BCUT2D eigenvalue weighted by atomic mass is 35.5. The summed E-state index contributed by atoms with van der Waals surface area (Å²) in [6, 6.07) is 21.2. The zero-order valence-electron chi connectivity index (χ0n) is 19.1. The molecule has 3 aromatic rings. The number of halogens is 2. The molecule has 0 spiro atoms. The van der Waals surface area contributed by atoms with E-state index in [4.69, 9.17) is 16.3 Å². The van der Waals surface area contributed by atoms with Crippen molar-refractivity contribution in [1.29, 1.82) is 0 Å². The number of aryl methyl sites for hydroxylation is 1. The lowest BCUT2D eigenvalue weighted by Crippen LogP contribution is -2.05. The third-order valence-corrected chi connectivity index (χ3v) is 6.76. The van der Waals surface area contributed by atoms with E-state index in [1.165, 1.54) is 22.3 Å². The fraction of sp³-hybridized carbons (Fsp3) is 0.267. The number of hydrogen-bond acceptors (Lipinski definition) is 1. The molecule has 0 fully saturated rings. The lowest BCUT2D eigenvalue weighted by molar-refractivity contribution is 0.338. The molecule has 1 unspecified atom stereocenters. The molecule has 0 N–H and O–H groups in total. The van der Waals surface area contributed by atoms with Crippen LogP contribution in [0.3, 0.4) is 0 Å². The van der Waals surface area contributed by atoms with E-state index in [0.29, 0.717) is 23.8 Å². The third kappa shape index (κ3) is 5.39. The summed E-state index contributed by atoms with van der Waals surface area (Å²) in [6.45, 7) is 6.12. The molecule has 3 heteroatoms. The molecule has 0 radical (unpaired) electrons. The van der Waals surface area contributed by atoms with Crippen LogP contribution in [0.4, 0.5) is 4.39 Å². The maximum Gasteiger partial charge on any atom is 0.153 e. The number of hydrogen-bond donors (Lipinski definition) is 0. The molecule has 170 valence electrons. The van der Waals surface area contributed by atoms with Crippen LogP contribution in [0.1, 0.15) is 55.2 Å². The van der Waals surface area contributed by atoms with Crippen molar-refractivity contribution < 1.29 is 9.13 Å². The fourth-order valence-corrected chi connectivity index (χ4v) is 4.73. The van der Waals surface area contributed by atoms with Crippen LogP contribution in [0.5, 0.6) is 5.75 Å². The summed E-state index contributed by atoms with van der Waals surface area (Å²) < 4.78 is 20.2. The quantitative estimate of drug-likeness (QED) is 0.304. The van der Waals surface area contributed by atoms with Crippen LogP contribution in [0, 0.1) is 5.82 Å². The van der Waals surface area contributed by atoms with Gasteiger partial charge in [-0.25, -0.2) is 4.39 Å².